The predicted octanol–water partition coefficient (Wildman–Crippen LogP) is 2.91. The number of ether oxygens (including phenoxy) is 2. The highest BCUT2D eigenvalue weighted by molar-refractivity contribution is 6.05. The fourth-order valence-corrected chi connectivity index (χ4v) is 4.66. The third-order valence-corrected chi connectivity index (χ3v) is 6.26. The van der Waals surface area contributed by atoms with E-state index in [1.165, 1.54) is 16.0 Å². The molecule has 1 unspecified atom stereocenters. The van der Waals surface area contributed by atoms with Crippen molar-refractivity contribution in [3.63, 3.8) is 0 Å². The molecule has 1 fully saturated rings. The maximum Gasteiger partial charge on any atom is 0.296 e. The first-order chi connectivity index (χ1) is 15.8. The lowest BCUT2D eigenvalue weighted by Gasteiger charge is -2.33. The summed E-state index contributed by atoms with van der Waals surface area (Å²) >= 11 is 0. The summed E-state index contributed by atoms with van der Waals surface area (Å²) in [6.07, 6.45) is 1.75. The highest BCUT2D eigenvalue weighted by Gasteiger charge is 2.55. The lowest BCUT2D eigenvalue weighted by molar-refractivity contribution is -0.912. The van der Waals surface area contributed by atoms with E-state index < -0.39 is 5.79 Å². The van der Waals surface area contributed by atoms with Crippen LogP contribution < -0.4 is 9.80 Å². The number of anilines is 1. The van der Waals surface area contributed by atoms with Crippen LogP contribution in [-0.4, -0.2) is 32.3 Å². The van der Waals surface area contributed by atoms with Crippen molar-refractivity contribution in [1.82, 2.24) is 0 Å². The number of nitrogens with one attached hydrogen (secondary N) is 1. The van der Waals surface area contributed by atoms with Crippen LogP contribution in [0.25, 0.3) is 0 Å². The average molecular weight is 430 g/mol. The molecule has 2 aliphatic rings. The second kappa shape index (κ2) is 9.25. The van der Waals surface area contributed by atoms with Gasteiger partial charge in [-0.1, -0.05) is 78.9 Å². The lowest BCUT2D eigenvalue weighted by Crippen LogP contribution is -3.12. The molecule has 1 atom stereocenters. The van der Waals surface area contributed by atoms with E-state index in [0.717, 1.165) is 37.2 Å². The van der Waals surface area contributed by atoms with Crippen LogP contribution in [0.15, 0.2) is 84.9 Å². The first kappa shape index (κ1) is 20.9. The van der Waals surface area contributed by atoms with Gasteiger partial charge in [0.25, 0.3) is 11.7 Å². The predicted molar refractivity (Wildman–Crippen MR) is 123 cm³/mol. The zero-order chi connectivity index (χ0) is 21.8. The summed E-state index contributed by atoms with van der Waals surface area (Å²) in [4.78, 5) is 16.8. The summed E-state index contributed by atoms with van der Waals surface area (Å²) in [6, 6.07) is 28.9. The van der Waals surface area contributed by atoms with Crippen LogP contribution in [0, 0.1) is 0 Å². The molecule has 2 aliphatic heterocycles. The summed E-state index contributed by atoms with van der Waals surface area (Å²) in [5, 5.41) is 0. The van der Waals surface area contributed by atoms with E-state index in [1.807, 2.05) is 41.3 Å². The molecule has 0 radical (unpaired) electrons. The molecule has 5 nitrogen and oxygen atoms in total. The van der Waals surface area contributed by atoms with Crippen LogP contribution in [-0.2, 0) is 33.0 Å². The number of nitrogens with zero attached hydrogens (tertiary/aromatic N) is 1. The number of hydrogen-bond acceptors (Lipinski definition) is 3. The maximum atomic E-state index is 13.7. The smallest absolute Gasteiger partial charge is 0.296 e. The van der Waals surface area contributed by atoms with Crippen molar-refractivity contribution in [3.05, 3.63) is 102 Å². The van der Waals surface area contributed by atoms with Gasteiger partial charge < -0.3 is 14.4 Å². The van der Waals surface area contributed by atoms with Gasteiger partial charge in [-0.25, -0.2) is 0 Å². The molecule has 164 valence electrons. The lowest BCUT2D eigenvalue weighted by atomic mass is 10.1. The van der Waals surface area contributed by atoms with Crippen molar-refractivity contribution in [2.75, 3.05) is 31.3 Å². The summed E-state index contributed by atoms with van der Waals surface area (Å²) in [7, 11) is 0. The van der Waals surface area contributed by atoms with E-state index in [4.69, 9.17) is 9.47 Å². The van der Waals surface area contributed by atoms with Crippen LogP contribution >= 0.6 is 0 Å². The Balaban J connectivity index is 1.41. The topological polar surface area (TPSA) is 43.2 Å². The standard InChI is InChI=1S/C27H28N2O3/c30-26-27(31-18-9-19-32-27)24-14-7-8-15-25(24)29(26)21-28(20-23-12-5-2-6-13-23)17-16-22-10-3-1-4-11-22/h1-8,10-15H,9,16-21H2/p+1. The number of fused-ring (bicyclic) bond motifs is 2. The Morgan fingerprint density at radius 3 is 2.16 bits per heavy atom. The summed E-state index contributed by atoms with van der Waals surface area (Å²) < 4.78 is 12.0. The minimum absolute atomic E-state index is 0.108. The van der Waals surface area contributed by atoms with E-state index in [2.05, 4.69) is 48.5 Å². The summed E-state index contributed by atoms with van der Waals surface area (Å²) in [5.74, 6) is -1.39. The Bertz CT molecular complexity index is 1050. The van der Waals surface area contributed by atoms with Gasteiger partial charge in [-0.15, -0.1) is 0 Å². The molecule has 5 rings (SSSR count). The fourth-order valence-electron chi connectivity index (χ4n) is 4.66. The Morgan fingerprint density at radius 2 is 1.44 bits per heavy atom. The Hall–Kier alpha value is -2.99. The molecular weight excluding hydrogens is 400 g/mol. The van der Waals surface area contributed by atoms with E-state index in [1.54, 1.807) is 0 Å². The van der Waals surface area contributed by atoms with Crippen molar-refractivity contribution in [1.29, 1.82) is 0 Å². The van der Waals surface area contributed by atoms with Crippen LogP contribution in [0.5, 0.6) is 0 Å². The Kier molecular flexibility index (Phi) is 6.04. The molecule has 32 heavy (non-hydrogen) atoms. The molecule has 2 heterocycles. The molecular formula is C27H29N2O3+. The zero-order valence-corrected chi connectivity index (χ0v) is 18.2. The largest absolute Gasteiger partial charge is 0.338 e. The second-order valence-corrected chi connectivity index (χ2v) is 8.47. The van der Waals surface area contributed by atoms with E-state index in [-0.39, 0.29) is 5.91 Å². The molecule has 3 aromatic carbocycles. The molecule has 5 heteroatoms. The van der Waals surface area contributed by atoms with Gasteiger partial charge in [0.1, 0.15) is 6.54 Å². The number of benzene rings is 3. The molecule has 1 amide bonds. The SMILES string of the molecule is O=C1N(C[NH+](CCc2ccccc2)Cc2ccccc2)c2ccccc2C12OCCCO2. The molecule has 0 aliphatic carbocycles. The van der Waals surface area contributed by atoms with Gasteiger partial charge in [0.05, 0.1) is 25.4 Å². The van der Waals surface area contributed by atoms with Gasteiger partial charge in [0, 0.05) is 17.5 Å². The number of para-hydroxylation sites is 1. The maximum absolute atomic E-state index is 13.7. The van der Waals surface area contributed by atoms with Gasteiger partial charge in [-0.05, 0) is 18.1 Å². The molecule has 0 saturated carbocycles. The highest BCUT2D eigenvalue weighted by Crippen LogP contribution is 2.44. The van der Waals surface area contributed by atoms with E-state index >= 15 is 0 Å². The third-order valence-electron chi connectivity index (χ3n) is 6.26. The second-order valence-electron chi connectivity index (χ2n) is 8.47. The Morgan fingerprint density at radius 1 is 0.812 bits per heavy atom. The minimum Gasteiger partial charge on any atom is -0.338 e. The first-order valence-electron chi connectivity index (χ1n) is 11.4. The van der Waals surface area contributed by atoms with E-state index in [0.29, 0.717) is 19.9 Å². The minimum atomic E-state index is -1.29. The molecule has 1 spiro atoms. The number of rotatable bonds is 7. The summed E-state index contributed by atoms with van der Waals surface area (Å²) in [6.45, 7) is 3.38. The number of quaternary nitrogens is 1. The zero-order valence-electron chi connectivity index (χ0n) is 18.2. The van der Waals surface area contributed by atoms with Crippen LogP contribution in [0.1, 0.15) is 23.1 Å². The van der Waals surface area contributed by atoms with Crippen LogP contribution in [0.2, 0.25) is 0 Å². The van der Waals surface area contributed by atoms with Gasteiger partial charge in [0.15, 0.2) is 6.67 Å². The van der Waals surface area contributed by atoms with Crippen molar-refractivity contribution >= 4 is 11.6 Å². The van der Waals surface area contributed by atoms with Crippen LogP contribution in [0.4, 0.5) is 5.69 Å². The fraction of sp³-hybridized carbons (Fsp3) is 0.296. The number of carbonyl (C=O) groups excluding carboxylic acids is 1. The number of hydrogen-bond donors (Lipinski definition) is 1. The molecule has 1 N–H and O–H groups in total. The third kappa shape index (κ3) is 4.07. The molecule has 3 aromatic rings. The van der Waals surface area contributed by atoms with Gasteiger partial charge in [-0.3, -0.25) is 9.69 Å². The van der Waals surface area contributed by atoms with E-state index in [9.17, 15) is 4.79 Å². The molecule has 0 aromatic heterocycles. The Labute approximate surface area is 189 Å². The quantitative estimate of drug-likeness (QED) is 0.628. The normalized spacial score (nSPS) is 18.0. The van der Waals surface area contributed by atoms with Crippen molar-refractivity contribution < 1.29 is 19.2 Å². The average Bonchev–Trinajstić information content (AvgIpc) is 3.07. The van der Waals surface area contributed by atoms with Gasteiger partial charge in [0.2, 0.25) is 0 Å². The van der Waals surface area contributed by atoms with Gasteiger partial charge in [-0.2, -0.15) is 0 Å². The van der Waals surface area contributed by atoms with Crippen LogP contribution in [0.3, 0.4) is 0 Å². The van der Waals surface area contributed by atoms with Crippen molar-refractivity contribution in [3.8, 4) is 0 Å². The summed E-state index contributed by atoms with van der Waals surface area (Å²) in [5.41, 5.74) is 4.29. The number of amides is 1. The molecule has 0 bridgehead atoms. The van der Waals surface area contributed by atoms with Crippen molar-refractivity contribution in [2.24, 2.45) is 0 Å². The van der Waals surface area contributed by atoms with Gasteiger partial charge >= 0.3 is 0 Å². The highest BCUT2D eigenvalue weighted by atomic mass is 16.7. The van der Waals surface area contributed by atoms with Crippen molar-refractivity contribution in [2.45, 2.75) is 25.2 Å². The number of carbonyl (C=O) groups is 1. The first-order valence-corrected chi connectivity index (χ1v) is 11.4. The monoisotopic (exact) mass is 429 g/mol. The molecule has 1 saturated heterocycles.